The van der Waals surface area contributed by atoms with Gasteiger partial charge in [-0.15, -0.1) is 0 Å². The fourth-order valence-electron chi connectivity index (χ4n) is 6.09. The molecule has 25 heavy (non-hydrogen) atoms. The molecular formula is C20H22O5. The SMILES string of the molecule is C[C@@]12C[C@@H](c3ccoc3)OC(=O)[C@H]1CC[C@]13COC(=O)[C@H]1C=CC[C@@H]23. The molecule has 3 fully saturated rings. The van der Waals surface area contributed by atoms with Crippen LogP contribution in [0.1, 0.15) is 44.3 Å². The van der Waals surface area contributed by atoms with Crippen LogP contribution in [-0.2, 0) is 19.1 Å². The summed E-state index contributed by atoms with van der Waals surface area (Å²) in [5, 5.41) is 0. The van der Waals surface area contributed by atoms with Gasteiger partial charge in [0.1, 0.15) is 6.10 Å². The lowest BCUT2D eigenvalue weighted by atomic mass is 9.45. The minimum Gasteiger partial charge on any atom is -0.472 e. The zero-order chi connectivity index (χ0) is 17.2. The van der Waals surface area contributed by atoms with Crippen molar-refractivity contribution in [3.05, 3.63) is 36.3 Å². The predicted octanol–water partition coefficient (Wildman–Crippen LogP) is 3.42. The molecule has 0 N–H and O–H groups in total. The van der Waals surface area contributed by atoms with Gasteiger partial charge in [0, 0.05) is 11.0 Å². The molecule has 5 heteroatoms. The molecule has 0 radical (unpaired) electrons. The van der Waals surface area contributed by atoms with Gasteiger partial charge in [-0.25, -0.2) is 0 Å². The van der Waals surface area contributed by atoms with E-state index in [1.807, 2.05) is 12.1 Å². The summed E-state index contributed by atoms with van der Waals surface area (Å²) in [5.74, 6) is -0.218. The highest BCUT2D eigenvalue weighted by Crippen LogP contribution is 2.66. The molecule has 5 nitrogen and oxygen atoms in total. The van der Waals surface area contributed by atoms with E-state index in [4.69, 9.17) is 13.9 Å². The number of hydrogen-bond acceptors (Lipinski definition) is 5. The summed E-state index contributed by atoms with van der Waals surface area (Å²) >= 11 is 0. The fourth-order valence-corrected chi connectivity index (χ4v) is 6.09. The van der Waals surface area contributed by atoms with Crippen molar-refractivity contribution in [2.24, 2.45) is 28.6 Å². The summed E-state index contributed by atoms with van der Waals surface area (Å²) < 4.78 is 16.4. The van der Waals surface area contributed by atoms with E-state index in [0.29, 0.717) is 6.61 Å². The van der Waals surface area contributed by atoms with Crippen molar-refractivity contribution in [3.8, 4) is 0 Å². The Kier molecular flexibility index (Phi) is 3.04. The first-order valence-electron chi connectivity index (χ1n) is 9.10. The van der Waals surface area contributed by atoms with E-state index >= 15 is 0 Å². The summed E-state index contributed by atoms with van der Waals surface area (Å²) in [7, 11) is 0. The molecular weight excluding hydrogens is 320 g/mol. The number of carbonyl (C=O) groups is 2. The monoisotopic (exact) mass is 342 g/mol. The Balaban J connectivity index is 1.56. The normalized spacial score (nSPS) is 45.2. The van der Waals surface area contributed by atoms with E-state index in [1.54, 1.807) is 12.5 Å². The number of furan rings is 1. The molecule has 1 saturated carbocycles. The van der Waals surface area contributed by atoms with Gasteiger partial charge in [0.05, 0.1) is 31.0 Å². The maximum Gasteiger partial charge on any atom is 0.313 e. The van der Waals surface area contributed by atoms with Crippen LogP contribution in [0.4, 0.5) is 0 Å². The molecule has 0 bridgehead atoms. The average Bonchev–Trinajstić information content (AvgIpc) is 3.23. The smallest absolute Gasteiger partial charge is 0.313 e. The van der Waals surface area contributed by atoms with Crippen LogP contribution in [0.2, 0.25) is 0 Å². The second-order valence-corrected chi connectivity index (χ2v) is 8.32. The van der Waals surface area contributed by atoms with Gasteiger partial charge in [0.15, 0.2) is 0 Å². The lowest BCUT2D eigenvalue weighted by Crippen LogP contribution is -2.58. The number of ether oxygens (including phenoxy) is 2. The van der Waals surface area contributed by atoms with Gasteiger partial charge < -0.3 is 13.9 Å². The minimum atomic E-state index is -0.273. The van der Waals surface area contributed by atoms with Crippen LogP contribution < -0.4 is 0 Å². The molecule has 2 saturated heterocycles. The second kappa shape index (κ2) is 4.99. The largest absolute Gasteiger partial charge is 0.472 e. The van der Waals surface area contributed by atoms with Crippen LogP contribution >= 0.6 is 0 Å². The lowest BCUT2D eigenvalue weighted by Gasteiger charge is -2.59. The molecule has 6 atom stereocenters. The Morgan fingerprint density at radius 3 is 2.92 bits per heavy atom. The number of hydrogen-bond donors (Lipinski definition) is 0. The number of allylic oxidation sites excluding steroid dienone is 1. The van der Waals surface area contributed by atoms with Gasteiger partial charge in [0.2, 0.25) is 0 Å². The number of carbonyl (C=O) groups excluding carboxylic acids is 2. The summed E-state index contributed by atoms with van der Waals surface area (Å²) in [4.78, 5) is 25.1. The highest BCUT2D eigenvalue weighted by atomic mass is 16.5. The lowest BCUT2D eigenvalue weighted by molar-refractivity contribution is -0.195. The maximum atomic E-state index is 12.8. The Bertz CT molecular complexity index is 750. The molecule has 4 aliphatic rings. The Labute approximate surface area is 146 Å². The van der Waals surface area contributed by atoms with E-state index in [9.17, 15) is 9.59 Å². The number of rotatable bonds is 1. The van der Waals surface area contributed by atoms with Crippen molar-refractivity contribution in [2.45, 2.75) is 38.7 Å². The number of esters is 2. The molecule has 3 heterocycles. The van der Waals surface area contributed by atoms with Crippen LogP contribution in [0.5, 0.6) is 0 Å². The first-order chi connectivity index (χ1) is 12.0. The quantitative estimate of drug-likeness (QED) is 0.578. The highest BCUT2D eigenvalue weighted by molar-refractivity contribution is 5.79. The van der Waals surface area contributed by atoms with Gasteiger partial charge in [-0.3, -0.25) is 9.59 Å². The molecule has 1 aromatic heterocycles. The molecule has 1 spiro atoms. The van der Waals surface area contributed by atoms with E-state index in [1.165, 1.54) is 0 Å². The maximum absolute atomic E-state index is 12.8. The third-order valence-corrected chi connectivity index (χ3v) is 7.32. The van der Waals surface area contributed by atoms with Crippen LogP contribution in [0.3, 0.4) is 0 Å². The zero-order valence-corrected chi connectivity index (χ0v) is 14.3. The average molecular weight is 342 g/mol. The third-order valence-electron chi connectivity index (χ3n) is 7.32. The van der Waals surface area contributed by atoms with Crippen molar-refractivity contribution < 1.29 is 23.5 Å². The van der Waals surface area contributed by atoms with E-state index < -0.39 is 0 Å². The van der Waals surface area contributed by atoms with Crippen LogP contribution in [0.15, 0.2) is 35.2 Å². The topological polar surface area (TPSA) is 65.7 Å². The molecule has 0 amide bonds. The van der Waals surface area contributed by atoms with Gasteiger partial charge in [-0.1, -0.05) is 19.1 Å². The van der Waals surface area contributed by atoms with Crippen molar-refractivity contribution in [1.82, 2.24) is 0 Å². The fraction of sp³-hybridized carbons (Fsp3) is 0.600. The van der Waals surface area contributed by atoms with E-state index in [2.05, 4.69) is 13.0 Å². The molecule has 2 aliphatic carbocycles. The molecule has 1 aromatic rings. The summed E-state index contributed by atoms with van der Waals surface area (Å²) in [6, 6.07) is 1.87. The second-order valence-electron chi connectivity index (χ2n) is 8.32. The first-order valence-corrected chi connectivity index (χ1v) is 9.10. The molecule has 132 valence electrons. The number of cyclic esters (lactones) is 2. The standard InChI is InChI=1S/C20H22O5/c1-19-9-15(12-6-8-23-10-12)25-18(22)13(19)5-7-20-11-24-17(21)14(20)3-2-4-16(19)20/h2-3,6,8,10,13-16H,4-5,7,9,11H2,1H3/t13-,14-,15+,16+,19-,20+/m1/s1. The molecule has 0 aromatic carbocycles. The minimum absolute atomic E-state index is 0.103. The van der Waals surface area contributed by atoms with Gasteiger partial charge in [-0.05, 0) is 43.1 Å². The van der Waals surface area contributed by atoms with Crippen molar-refractivity contribution in [3.63, 3.8) is 0 Å². The molecule has 2 aliphatic heterocycles. The van der Waals surface area contributed by atoms with Crippen LogP contribution in [-0.4, -0.2) is 18.5 Å². The van der Waals surface area contributed by atoms with Gasteiger partial charge in [-0.2, -0.15) is 0 Å². The third kappa shape index (κ3) is 1.89. The Hall–Kier alpha value is -2.04. The van der Waals surface area contributed by atoms with E-state index in [0.717, 1.165) is 31.2 Å². The summed E-state index contributed by atoms with van der Waals surface area (Å²) in [6.45, 7) is 2.70. The van der Waals surface area contributed by atoms with Crippen molar-refractivity contribution in [2.75, 3.05) is 6.61 Å². The summed E-state index contributed by atoms with van der Waals surface area (Å²) in [5.41, 5.74) is 0.552. The molecule has 5 rings (SSSR count). The zero-order valence-electron chi connectivity index (χ0n) is 14.3. The van der Waals surface area contributed by atoms with Gasteiger partial charge in [0.25, 0.3) is 0 Å². The predicted molar refractivity (Wildman–Crippen MR) is 87.1 cm³/mol. The number of fused-ring (bicyclic) bond motifs is 2. The van der Waals surface area contributed by atoms with Crippen LogP contribution in [0, 0.1) is 28.6 Å². The Morgan fingerprint density at radius 2 is 2.12 bits per heavy atom. The van der Waals surface area contributed by atoms with Gasteiger partial charge >= 0.3 is 11.9 Å². The highest BCUT2D eigenvalue weighted by Gasteiger charge is 2.66. The van der Waals surface area contributed by atoms with E-state index in [-0.39, 0.29) is 46.6 Å². The van der Waals surface area contributed by atoms with Crippen molar-refractivity contribution >= 4 is 11.9 Å². The summed E-state index contributed by atoms with van der Waals surface area (Å²) in [6.07, 6.45) is 10.4. The molecule has 0 unspecified atom stereocenters. The Morgan fingerprint density at radius 1 is 1.24 bits per heavy atom. The first kappa shape index (κ1) is 15.2. The van der Waals surface area contributed by atoms with Crippen LogP contribution in [0.25, 0.3) is 0 Å². The van der Waals surface area contributed by atoms with Crippen molar-refractivity contribution in [1.29, 1.82) is 0 Å².